The molecule has 5 heteroatoms. The van der Waals surface area contributed by atoms with Crippen LogP contribution in [0.1, 0.15) is 32.5 Å². The molecule has 0 bridgehead atoms. The molecule has 0 aliphatic rings. The summed E-state index contributed by atoms with van der Waals surface area (Å²) in [5.74, 6) is 1.55. The summed E-state index contributed by atoms with van der Waals surface area (Å²) in [5.41, 5.74) is 2.74. The molecule has 25 heavy (non-hydrogen) atoms. The molecule has 1 amide bonds. The first-order valence-electron chi connectivity index (χ1n) is 8.79. The number of nitrogens with zero attached hydrogens (tertiary/aromatic N) is 3. The third kappa shape index (κ3) is 4.24. The van der Waals surface area contributed by atoms with E-state index in [1.165, 1.54) is 0 Å². The summed E-state index contributed by atoms with van der Waals surface area (Å²) in [6, 6.07) is 13.9. The number of fused-ring (bicyclic) bond motifs is 1. The molecule has 0 saturated carbocycles. The number of pyridine rings is 1. The van der Waals surface area contributed by atoms with E-state index >= 15 is 0 Å². The Kier molecular flexibility index (Phi) is 5.43. The Hall–Kier alpha value is -2.69. The minimum absolute atomic E-state index is 0.106. The van der Waals surface area contributed by atoms with Gasteiger partial charge in [-0.1, -0.05) is 32.0 Å². The van der Waals surface area contributed by atoms with E-state index in [2.05, 4.69) is 28.7 Å². The number of para-hydroxylation sites is 1. The van der Waals surface area contributed by atoms with E-state index in [4.69, 9.17) is 4.98 Å². The molecule has 3 aromatic rings. The van der Waals surface area contributed by atoms with Crippen LogP contribution in [0.15, 0.2) is 48.7 Å². The van der Waals surface area contributed by atoms with Crippen LogP contribution < -0.4 is 5.32 Å². The summed E-state index contributed by atoms with van der Waals surface area (Å²) < 4.78 is 2.07. The minimum atomic E-state index is 0.106. The molecule has 2 aromatic heterocycles. The van der Waals surface area contributed by atoms with Crippen molar-refractivity contribution in [1.29, 1.82) is 0 Å². The molecule has 1 aromatic carbocycles. The van der Waals surface area contributed by atoms with Crippen LogP contribution in [0.3, 0.4) is 0 Å². The molecule has 0 saturated heterocycles. The number of aromatic nitrogens is 3. The van der Waals surface area contributed by atoms with Gasteiger partial charge in [0.1, 0.15) is 11.3 Å². The van der Waals surface area contributed by atoms with Crippen LogP contribution in [0, 0.1) is 5.92 Å². The maximum absolute atomic E-state index is 11.9. The molecule has 0 spiro atoms. The minimum Gasteiger partial charge on any atom is -0.356 e. The number of carbonyl (C=O) groups is 1. The standard InChI is InChI=1S/C20H24N4O/c1-15(2)10-11-19(25)21-14-12-18-23-17-9-6-13-22-20(17)24(18)16-7-4-3-5-8-16/h3-9,13,15H,10-12,14H2,1-2H3,(H,21,25). The van der Waals surface area contributed by atoms with E-state index in [1.807, 2.05) is 42.5 Å². The van der Waals surface area contributed by atoms with E-state index < -0.39 is 0 Å². The molecular weight excluding hydrogens is 312 g/mol. The number of benzene rings is 1. The van der Waals surface area contributed by atoms with E-state index in [0.717, 1.165) is 29.1 Å². The van der Waals surface area contributed by atoms with Gasteiger partial charge in [-0.3, -0.25) is 9.36 Å². The normalized spacial score (nSPS) is 11.2. The SMILES string of the molecule is CC(C)CCC(=O)NCCc1nc2cccnc2n1-c1ccccc1. The van der Waals surface area contributed by atoms with E-state index in [-0.39, 0.29) is 5.91 Å². The van der Waals surface area contributed by atoms with Crippen LogP contribution in [0.25, 0.3) is 16.9 Å². The maximum Gasteiger partial charge on any atom is 0.220 e. The third-order valence-corrected chi connectivity index (χ3v) is 4.12. The van der Waals surface area contributed by atoms with Crippen LogP contribution in [0.5, 0.6) is 0 Å². The quantitative estimate of drug-likeness (QED) is 0.718. The van der Waals surface area contributed by atoms with Crippen LogP contribution in [-0.4, -0.2) is 27.0 Å². The average molecular weight is 336 g/mol. The number of hydrogen-bond acceptors (Lipinski definition) is 3. The molecule has 130 valence electrons. The average Bonchev–Trinajstić information content (AvgIpc) is 2.99. The molecule has 2 heterocycles. The van der Waals surface area contributed by atoms with Crippen molar-refractivity contribution < 1.29 is 4.79 Å². The topological polar surface area (TPSA) is 59.8 Å². The summed E-state index contributed by atoms with van der Waals surface area (Å²) >= 11 is 0. The molecular formula is C20H24N4O. The van der Waals surface area contributed by atoms with Crippen LogP contribution in [0.4, 0.5) is 0 Å². The van der Waals surface area contributed by atoms with Gasteiger partial charge in [-0.25, -0.2) is 9.97 Å². The molecule has 3 rings (SSSR count). The van der Waals surface area contributed by atoms with Gasteiger partial charge in [0, 0.05) is 31.3 Å². The summed E-state index contributed by atoms with van der Waals surface area (Å²) in [6.07, 6.45) is 3.94. The highest BCUT2D eigenvalue weighted by Crippen LogP contribution is 2.19. The molecule has 0 radical (unpaired) electrons. The molecule has 0 aliphatic heterocycles. The van der Waals surface area contributed by atoms with Gasteiger partial charge >= 0.3 is 0 Å². The Labute approximate surface area is 148 Å². The summed E-state index contributed by atoms with van der Waals surface area (Å²) in [7, 11) is 0. The van der Waals surface area contributed by atoms with E-state index in [9.17, 15) is 4.79 Å². The Balaban J connectivity index is 1.76. The van der Waals surface area contributed by atoms with Crippen molar-refractivity contribution in [3.8, 4) is 5.69 Å². The van der Waals surface area contributed by atoms with Crippen molar-refractivity contribution >= 4 is 17.1 Å². The lowest BCUT2D eigenvalue weighted by molar-refractivity contribution is -0.121. The van der Waals surface area contributed by atoms with Crippen molar-refractivity contribution in [3.63, 3.8) is 0 Å². The number of nitrogens with one attached hydrogen (secondary N) is 1. The van der Waals surface area contributed by atoms with Crippen molar-refractivity contribution in [2.75, 3.05) is 6.54 Å². The first kappa shape index (κ1) is 17.1. The molecule has 1 N–H and O–H groups in total. The largest absolute Gasteiger partial charge is 0.356 e. The van der Waals surface area contributed by atoms with Crippen LogP contribution in [0.2, 0.25) is 0 Å². The number of amides is 1. The molecule has 0 atom stereocenters. The fourth-order valence-corrected chi connectivity index (χ4v) is 2.80. The summed E-state index contributed by atoms with van der Waals surface area (Å²) in [4.78, 5) is 21.1. The lowest BCUT2D eigenvalue weighted by atomic mass is 10.1. The lowest BCUT2D eigenvalue weighted by Crippen LogP contribution is -2.26. The van der Waals surface area contributed by atoms with E-state index in [0.29, 0.717) is 25.3 Å². The van der Waals surface area contributed by atoms with Crippen molar-refractivity contribution in [1.82, 2.24) is 19.9 Å². The fraction of sp³-hybridized carbons (Fsp3) is 0.350. The second-order valence-corrected chi connectivity index (χ2v) is 6.58. The van der Waals surface area contributed by atoms with Gasteiger partial charge in [-0.05, 0) is 36.6 Å². The second kappa shape index (κ2) is 7.92. The van der Waals surface area contributed by atoms with Crippen molar-refractivity contribution in [2.24, 2.45) is 5.92 Å². The predicted octanol–water partition coefficient (Wildman–Crippen LogP) is 3.52. The first-order valence-corrected chi connectivity index (χ1v) is 8.79. The first-order chi connectivity index (χ1) is 12.1. The van der Waals surface area contributed by atoms with Crippen molar-refractivity contribution in [3.05, 3.63) is 54.5 Å². The van der Waals surface area contributed by atoms with Crippen molar-refractivity contribution in [2.45, 2.75) is 33.1 Å². The third-order valence-electron chi connectivity index (χ3n) is 4.12. The Morgan fingerprint density at radius 2 is 1.96 bits per heavy atom. The van der Waals surface area contributed by atoms with Gasteiger partial charge in [0.05, 0.1) is 0 Å². The van der Waals surface area contributed by atoms with E-state index in [1.54, 1.807) is 6.20 Å². The predicted molar refractivity (Wildman–Crippen MR) is 99.7 cm³/mol. The summed E-state index contributed by atoms with van der Waals surface area (Å²) in [6.45, 7) is 4.83. The zero-order valence-electron chi connectivity index (χ0n) is 14.8. The summed E-state index contributed by atoms with van der Waals surface area (Å²) in [5, 5.41) is 3.00. The Bertz CT molecular complexity index is 839. The number of imidazole rings is 1. The zero-order valence-corrected chi connectivity index (χ0v) is 14.8. The second-order valence-electron chi connectivity index (χ2n) is 6.58. The van der Waals surface area contributed by atoms with Crippen LogP contribution in [-0.2, 0) is 11.2 Å². The highest BCUT2D eigenvalue weighted by molar-refractivity contribution is 5.76. The molecule has 0 fully saturated rings. The number of rotatable bonds is 7. The number of carbonyl (C=O) groups excluding carboxylic acids is 1. The molecule has 0 aliphatic carbocycles. The van der Waals surface area contributed by atoms with Gasteiger partial charge in [0.25, 0.3) is 0 Å². The zero-order chi connectivity index (χ0) is 17.6. The Morgan fingerprint density at radius 3 is 2.72 bits per heavy atom. The Morgan fingerprint density at radius 1 is 1.16 bits per heavy atom. The highest BCUT2D eigenvalue weighted by atomic mass is 16.1. The van der Waals surface area contributed by atoms with Gasteiger partial charge in [-0.15, -0.1) is 0 Å². The van der Waals surface area contributed by atoms with Crippen LogP contribution >= 0.6 is 0 Å². The van der Waals surface area contributed by atoms with Gasteiger partial charge in [0.2, 0.25) is 5.91 Å². The maximum atomic E-state index is 11.9. The lowest BCUT2D eigenvalue weighted by Gasteiger charge is -2.10. The van der Waals surface area contributed by atoms with Gasteiger partial charge in [0.15, 0.2) is 5.65 Å². The van der Waals surface area contributed by atoms with Gasteiger partial charge < -0.3 is 5.32 Å². The fourth-order valence-electron chi connectivity index (χ4n) is 2.80. The highest BCUT2D eigenvalue weighted by Gasteiger charge is 2.13. The molecule has 5 nitrogen and oxygen atoms in total. The monoisotopic (exact) mass is 336 g/mol. The number of hydrogen-bond donors (Lipinski definition) is 1. The smallest absolute Gasteiger partial charge is 0.220 e. The van der Waals surface area contributed by atoms with Gasteiger partial charge in [-0.2, -0.15) is 0 Å². The molecule has 0 unspecified atom stereocenters.